The summed E-state index contributed by atoms with van der Waals surface area (Å²) in [6, 6.07) is 6.61. The lowest BCUT2D eigenvalue weighted by atomic mass is 10.1. The topological polar surface area (TPSA) is 55.1 Å². The first-order chi connectivity index (χ1) is 7.93. The van der Waals surface area contributed by atoms with Crippen LogP contribution in [0.1, 0.15) is 5.56 Å². The number of hydrogen-bond donors (Lipinski definition) is 2. The van der Waals surface area contributed by atoms with E-state index in [1.807, 2.05) is 0 Å². The molecule has 0 bridgehead atoms. The van der Waals surface area contributed by atoms with Gasteiger partial charge in [0.15, 0.2) is 0 Å². The molecule has 3 N–H and O–H groups in total. The van der Waals surface area contributed by atoms with Crippen molar-refractivity contribution in [3.8, 4) is 0 Å². The maximum atomic E-state index is 12.7. The molecule has 17 heavy (non-hydrogen) atoms. The Bertz CT molecular complexity index is 382. The first kappa shape index (κ1) is 13.9. The first-order valence-corrected chi connectivity index (χ1v) is 5.40. The van der Waals surface area contributed by atoms with E-state index in [4.69, 9.17) is 17.3 Å². The van der Waals surface area contributed by atoms with Gasteiger partial charge in [-0.15, -0.1) is 0 Å². The van der Waals surface area contributed by atoms with Gasteiger partial charge in [0.2, 0.25) is 5.91 Å². The molecular formula is C11H13ClF2N2O. The van der Waals surface area contributed by atoms with Crippen molar-refractivity contribution >= 4 is 17.5 Å². The largest absolute Gasteiger partial charge is 0.350 e. The molecule has 0 aromatic heterocycles. The molecule has 1 aromatic carbocycles. The van der Waals surface area contributed by atoms with Gasteiger partial charge in [-0.1, -0.05) is 23.7 Å². The molecular weight excluding hydrogens is 250 g/mol. The fraction of sp³-hybridized carbons (Fsp3) is 0.364. The van der Waals surface area contributed by atoms with Crippen molar-refractivity contribution in [1.29, 1.82) is 0 Å². The molecule has 0 radical (unpaired) electrons. The van der Waals surface area contributed by atoms with E-state index < -0.39 is 24.9 Å². The SMILES string of the molecule is NCC(F)(F)CNC(=O)Cc1ccc(Cl)cc1. The standard InChI is InChI=1S/C11H13ClF2N2O/c12-9-3-1-8(2-4-9)5-10(17)16-7-11(13,14)6-15/h1-4H,5-7,15H2,(H,16,17). The Labute approximate surface area is 103 Å². The normalized spacial score (nSPS) is 11.3. The minimum absolute atomic E-state index is 0.0395. The van der Waals surface area contributed by atoms with E-state index in [0.29, 0.717) is 10.6 Å². The minimum Gasteiger partial charge on any atom is -0.350 e. The summed E-state index contributed by atoms with van der Waals surface area (Å²) in [6.45, 7) is -1.52. The molecule has 0 saturated heterocycles. The molecule has 0 aliphatic carbocycles. The Morgan fingerprint density at radius 1 is 1.35 bits per heavy atom. The highest BCUT2D eigenvalue weighted by atomic mass is 35.5. The molecule has 0 aliphatic rings. The van der Waals surface area contributed by atoms with Crippen molar-refractivity contribution in [2.75, 3.05) is 13.1 Å². The van der Waals surface area contributed by atoms with Crippen LogP contribution >= 0.6 is 11.6 Å². The number of carbonyl (C=O) groups is 1. The molecule has 0 fully saturated rings. The van der Waals surface area contributed by atoms with Crippen LogP contribution in [0.25, 0.3) is 0 Å². The van der Waals surface area contributed by atoms with Gasteiger partial charge in [0.25, 0.3) is 5.92 Å². The van der Waals surface area contributed by atoms with Crippen LogP contribution in [0.4, 0.5) is 8.78 Å². The molecule has 1 rings (SSSR count). The zero-order valence-electron chi connectivity index (χ0n) is 9.05. The number of benzene rings is 1. The molecule has 6 heteroatoms. The smallest absolute Gasteiger partial charge is 0.277 e. The second-order valence-corrected chi connectivity index (χ2v) is 4.08. The number of carbonyl (C=O) groups excluding carboxylic acids is 1. The number of amides is 1. The molecule has 0 saturated carbocycles. The van der Waals surface area contributed by atoms with Gasteiger partial charge in [-0.2, -0.15) is 0 Å². The van der Waals surface area contributed by atoms with E-state index in [-0.39, 0.29) is 6.42 Å². The van der Waals surface area contributed by atoms with Crippen LogP contribution in [0.5, 0.6) is 0 Å². The van der Waals surface area contributed by atoms with Crippen molar-refractivity contribution < 1.29 is 13.6 Å². The summed E-state index contributed by atoms with van der Waals surface area (Å²) >= 11 is 5.67. The summed E-state index contributed by atoms with van der Waals surface area (Å²) in [4.78, 5) is 11.3. The van der Waals surface area contributed by atoms with Crippen LogP contribution in [-0.4, -0.2) is 24.9 Å². The quantitative estimate of drug-likeness (QED) is 0.847. The van der Waals surface area contributed by atoms with Crippen LogP contribution in [0.2, 0.25) is 5.02 Å². The van der Waals surface area contributed by atoms with E-state index in [0.717, 1.165) is 0 Å². The molecule has 1 amide bonds. The lowest BCUT2D eigenvalue weighted by Crippen LogP contribution is -2.42. The van der Waals surface area contributed by atoms with Crippen molar-refractivity contribution in [3.63, 3.8) is 0 Å². The highest BCUT2D eigenvalue weighted by Gasteiger charge is 2.26. The van der Waals surface area contributed by atoms with Gasteiger partial charge in [0.1, 0.15) is 0 Å². The van der Waals surface area contributed by atoms with Crippen LogP contribution < -0.4 is 11.1 Å². The third kappa shape index (κ3) is 5.10. The average Bonchev–Trinajstić information content (AvgIpc) is 2.30. The molecule has 3 nitrogen and oxygen atoms in total. The second-order valence-electron chi connectivity index (χ2n) is 3.64. The Balaban J connectivity index is 2.42. The summed E-state index contributed by atoms with van der Waals surface area (Å²) in [5.74, 6) is -3.53. The number of nitrogens with two attached hydrogens (primary N) is 1. The van der Waals surface area contributed by atoms with Gasteiger partial charge in [-0.05, 0) is 17.7 Å². The zero-order valence-corrected chi connectivity index (χ0v) is 9.81. The Morgan fingerprint density at radius 2 is 1.94 bits per heavy atom. The number of alkyl halides is 2. The van der Waals surface area contributed by atoms with Gasteiger partial charge >= 0.3 is 0 Å². The predicted octanol–water partition coefficient (Wildman–Crippen LogP) is 1.59. The van der Waals surface area contributed by atoms with Crippen LogP contribution in [-0.2, 0) is 11.2 Å². The Morgan fingerprint density at radius 3 is 2.47 bits per heavy atom. The number of nitrogens with one attached hydrogen (secondary N) is 1. The fourth-order valence-electron chi connectivity index (χ4n) is 1.15. The van der Waals surface area contributed by atoms with Crippen molar-refractivity contribution in [1.82, 2.24) is 5.32 Å². The summed E-state index contributed by atoms with van der Waals surface area (Å²) < 4.78 is 25.5. The summed E-state index contributed by atoms with van der Waals surface area (Å²) in [6.07, 6.45) is 0.0395. The van der Waals surface area contributed by atoms with Crippen molar-refractivity contribution in [3.05, 3.63) is 34.9 Å². The predicted molar refractivity (Wildman–Crippen MR) is 62.2 cm³/mol. The highest BCUT2D eigenvalue weighted by Crippen LogP contribution is 2.11. The van der Waals surface area contributed by atoms with Crippen molar-refractivity contribution in [2.24, 2.45) is 5.73 Å². The highest BCUT2D eigenvalue weighted by molar-refractivity contribution is 6.30. The molecule has 0 aliphatic heterocycles. The number of rotatable bonds is 5. The van der Waals surface area contributed by atoms with Crippen LogP contribution in [0.3, 0.4) is 0 Å². The lowest BCUT2D eigenvalue weighted by molar-refractivity contribution is -0.122. The summed E-state index contributed by atoms with van der Waals surface area (Å²) in [7, 11) is 0. The van der Waals surface area contributed by atoms with Gasteiger partial charge in [-0.25, -0.2) is 8.78 Å². The Kier molecular flexibility index (Phi) is 4.84. The van der Waals surface area contributed by atoms with Gasteiger partial charge in [0.05, 0.1) is 19.5 Å². The van der Waals surface area contributed by atoms with E-state index in [1.54, 1.807) is 24.3 Å². The van der Waals surface area contributed by atoms with Gasteiger partial charge in [-0.3, -0.25) is 4.79 Å². The number of hydrogen-bond acceptors (Lipinski definition) is 2. The molecule has 0 spiro atoms. The first-order valence-electron chi connectivity index (χ1n) is 5.02. The van der Waals surface area contributed by atoms with E-state index >= 15 is 0 Å². The molecule has 0 heterocycles. The Hall–Kier alpha value is -1.20. The maximum Gasteiger partial charge on any atom is 0.277 e. The zero-order chi connectivity index (χ0) is 12.9. The second kappa shape index (κ2) is 5.93. The molecule has 94 valence electrons. The minimum atomic E-state index is -3.06. The molecule has 1 aromatic rings. The van der Waals surface area contributed by atoms with Gasteiger partial charge in [0, 0.05) is 5.02 Å². The van der Waals surface area contributed by atoms with E-state index in [9.17, 15) is 13.6 Å². The van der Waals surface area contributed by atoms with Crippen molar-refractivity contribution in [2.45, 2.75) is 12.3 Å². The maximum absolute atomic E-state index is 12.7. The lowest BCUT2D eigenvalue weighted by Gasteiger charge is -2.14. The third-order valence-electron chi connectivity index (χ3n) is 2.12. The summed E-state index contributed by atoms with van der Waals surface area (Å²) in [5, 5.41) is 2.69. The fourth-order valence-corrected chi connectivity index (χ4v) is 1.28. The van der Waals surface area contributed by atoms with E-state index in [1.165, 1.54) is 0 Å². The van der Waals surface area contributed by atoms with Crippen LogP contribution in [0, 0.1) is 0 Å². The van der Waals surface area contributed by atoms with E-state index in [2.05, 4.69) is 5.32 Å². The van der Waals surface area contributed by atoms with Gasteiger partial charge < -0.3 is 11.1 Å². The monoisotopic (exact) mass is 262 g/mol. The summed E-state index contributed by atoms with van der Waals surface area (Å²) in [5.41, 5.74) is 5.56. The number of halogens is 3. The average molecular weight is 263 g/mol. The third-order valence-corrected chi connectivity index (χ3v) is 2.37. The molecule has 0 atom stereocenters. The van der Waals surface area contributed by atoms with Crippen LogP contribution in [0.15, 0.2) is 24.3 Å². The molecule has 0 unspecified atom stereocenters.